The van der Waals surface area contributed by atoms with Gasteiger partial charge in [0.15, 0.2) is 5.16 Å². The quantitative estimate of drug-likeness (QED) is 0.850. The number of aromatic nitrogens is 2. The number of likely N-dealkylation sites (tertiary alicyclic amines) is 1. The van der Waals surface area contributed by atoms with Crippen LogP contribution in [0.1, 0.15) is 17.5 Å². The number of rotatable bonds is 3. The van der Waals surface area contributed by atoms with E-state index in [0.29, 0.717) is 23.6 Å². The van der Waals surface area contributed by atoms with Crippen molar-refractivity contribution in [3.8, 4) is 5.75 Å². The number of benzene rings is 1. The highest BCUT2D eigenvalue weighted by molar-refractivity contribution is 7.99. The first-order valence-electron chi connectivity index (χ1n) is 8.33. The molecule has 1 aromatic heterocycles. The number of phenols is 1. The molecular formula is C18H23N3OS. The van der Waals surface area contributed by atoms with Crippen LogP contribution in [-0.2, 0) is 12.8 Å². The Balaban J connectivity index is 1.46. The third kappa shape index (κ3) is 3.00. The second-order valence-corrected chi connectivity index (χ2v) is 7.91. The molecule has 0 radical (unpaired) electrons. The summed E-state index contributed by atoms with van der Waals surface area (Å²) in [5, 5.41) is 11.2. The molecule has 23 heavy (non-hydrogen) atoms. The highest BCUT2D eigenvalue weighted by Gasteiger charge is 2.38. The maximum Gasteiger partial charge on any atom is 0.165 e. The number of hydrogen-bond donors (Lipinski definition) is 2. The monoisotopic (exact) mass is 329 g/mol. The minimum Gasteiger partial charge on any atom is -0.508 e. The van der Waals surface area contributed by atoms with Gasteiger partial charge in [-0.15, -0.1) is 0 Å². The summed E-state index contributed by atoms with van der Waals surface area (Å²) < 4.78 is 0. The van der Waals surface area contributed by atoms with Gasteiger partial charge < -0.3 is 15.0 Å². The molecule has 0 saturated carbocycles. The fourth-order valence-corrected chi connectivity index (χ4v) is 5.21. The SMILES string of the molecule is CN1CC(CSc2ncc[nH]2)C[C@H]2Cc3c(O)cccc3C[C@H]21. The van der Waals surface area contributed by atoms with Crippen molar-refractivity contribution in [1.82, 2.24) is 14.9 Å². The smallest absolute Gasteiger partial charge is 0.165 e. The van der Waals surface area contributed by atoms with Crippen molar-refractivity contribution in [2.24, 2.45) is 11.8 Å². The molecule has 0 spiro atoms. The number of phenolic OH excluding ortho intramolecular Hbond substituents is 1. The molecular weight excluding hydrogens is 306 g/mol. The van der Waals surface area contributed by atoms with Crippen LogP contribution in [0.2, 0.25) is 0 Å². The van der Waals surface area contributed by atoms with Crippen molar-refractivity contribution in [2.45, 2.75) is 30.5 Å². The maximum atomic E-state index is 10.2. The van der Waals surface area contributed by atoms with Gasteiger partial charge in [-0.3, -0.25) is 0 Å². The van der Waals surface area contributed by atoms with Crippen LogP contribution in [0.15, 0.2) is 35.7 Å². The van der Waals surface area contributed by atoms with Crippen LogP contribution in [0, 0.1) is 11.8 Å². The third-order valence-electron chi connectivity index (χ3n) is 5.37. The number of nitrogens with zero attached hydrogens (tertiary/aromatic N) is 2. The normalized spacial score (nSPS) is 27.4. The summed E-state index contributed by atoms with van der Waals surface area (Å²) in [5.41, 5.74) is 2.52. The van der Waals surface area contributed by atoms with Crippen molar-refractivity contribution < 1.29 is 5.11 Å². The molecule has 1 aromatic carbocycles. The zero-order chi connectivity index (χ0) is 15.8. The van der Waals surface area contributed by atoms with Gasteiger partial charge >= 0.3 is 0 Å². The highest BCUT2D eigenvalue weighted by Crippen LogP contribution is 2.40. The summed E-state index contributed by atoms with van der Waals surface area (Å²) in [6.07, 6.45) is 7.02. The second-order valence-electron chi connectivity index (χ2n) is 6.90. The van der Waals surface area contributed by atoms with E-state index in [1.807, 2.05) is 36.3 Å². The summed E-state index contributed by atoms with van der Waals surface area (Å²) in [4.78, 5) is 10.0. The van der Waals surface area contributed by atoms with Crippen LogP contribution < -0.4 is 0 Å². The lowest BCUT2D eigenvalue weighted by Gasteiger charge is -2.46. The fraction of sp³-hybridized carbons (Fsp3) is 0.500. The van der Waals surface area contributed by atoms with E-state index in [0.717, 1.165) is 30.3 Å². The van der Waals surface area contributed by atoms with E-state index in [9.17, 15) is 5.11 Å². The molecule has 4 nitrogen and oxygen atoms in total. The van der Waals surface area contributed by atoms with E-state index in [1.54, 1.807) is 0 Å². The Kier molecular flexibility index (Phi) is 4.07. The Bertz CT molecular complexity index is 673. The number of H-pyrrole nitrogens is 1. The molecule has 2 aliphatic rings. The number of fused-ring (bicyclic) bond motifs is 2. The van der Waals surface area contributed by atoms with Crippen molar-refractivity contribution in [3.05, 3.63) is 41.7 Å². The summed E-state index contributed by atoms with van der Waals surface area (Å²) in [6, 6.07) is 6.60. The largest absolute Gasteiger partial charge is 0.508 e. The standard InChI is InChI=1S/C18H23N3OS/c1-21-10-12(11-23-18-19-5-6-20-18)7-14-8-15-13(9-16(14)21)3-2-4-17(15)22/h2-6,12,14,16,22H,7-11H2,1H3,(H,19,20)/t12?,14-,16+/m0/s1. The molecule has 1 saturated heterocycles. The number of piperidine rings is 1. The first-order chi connectivity index (χ1) is 11.2. The number of nitrogens with one attached hydrogen (secondary N) is 1. The van der Waals surface area contributed by atoms with Crippen LogP contribution in [0.5, 0.6) is 5.75 Å². The maximum absolute atomic E-state index is 10.2. The Morgan fingerprint density at radius 3 is 3.13 bits per heavy atom. The lowest BCUT2D eigenvalue weighted by Crippen LogP contribution is -2.50. The molecule has 4 rings (SSSR count). The van der Waals surface area contributed by atoms with E-state index in [4.69, 9.17) is 0 Å². The molecule has 122 valence electrons. The fourth-order valence-electron chi connectivity index (χ4n) is 4.29. The number of likely N-dealkylation sites (N-methyl/N-ethyl adjacent to an activating group) is 1. The topological polar surface area (TPSA) is 52.2 Å². The van der Waals surface area contributed by atoms with Crippen LogP contribution in [-0.4, -0.2) is 45.4 Å². The van der Waals surface area contributed by atoms with Crippen molar-refractivity contribution in [2.75, 3.05) is 19.3 Å². The zero-order valence-corrected chi connectivity index (χ0v) is 14.2. The number of aromatic amines is 1. The first-order valence-corrected chi connectivity index (χ1v) is 9.31. The number of imidazole rings is 1. The lowest BCUT2D eigenvalue weighted by atomic mass is 9.73. The molecule has 1 fully saturated rings. The molecule has 5 heteroatoms. The molecule has 1 aliphatic carbocycles. The molecule has 0 bridgehead atoms. The van der Waals surface area contributed by atoms with E-state index in [2.05, 4.69) is 28.0 Å². The Morgan fingerprint density at radius 2 is 2.30 bits per heavy atom. The zero-order valence-electron chi connectivity index (χ0n) is 13.4. The third-order valence-corrected chi connectivity index (χ3v) is 6.50. The van der Waals surface area contributed by atoms with Crippen molar-refractivity contribution in [3.63, 3.8) is 0 Å². The Labute approximate surface area is 141 Å². The second kappa shape index (κ2) is 6.21. The molecule has 2 heterocycles. The van der Waals surface area contributed by atoms with Gasteiger partial charge in [0.1, 0.15) is 5.75 Å². The van der Waals surface area contributed by atoms with Gasteiger partial charge in [0.25, 0.3) is 0 Å². The van der Waals surface area contributed by atoms with Crippen LogP contribution in [0.3, 0.4) is 0 Å². The van der Waals surface area contributed by atoms with Gasteiger partial charge in [0, 0.05) is 30.7 Å². The summed E-state index contributed by atoms with van der Waals surface area (Å²) in [7, 11) is 2.26. The molecule has 2 N–H and O–H groups in total. The van der Waals surface area contributed by atoms with Gasteiger partial charge in [-0.05, 0) is 55.3 Å². The Morgan fingerprint density at radius 1 is 1.39 bits per heavy atom. The van der Waals surface area contributed by atoms with Crippen molar-refractivity contribution in [1.29, 1.82) is 0 Å². The number of hydrogen-bond acceptors (Lipinski definition) is 4. The van der Waals surface area contributed by atoms with E-state index >= 15 is 0 Å². The highest BCUT2D eigenvalue weighted by atomic mass is 32.2. The molecule has 2 aromatic rings. The molecule has 3 atom stereocenters. The van der Waals surface area contributed by atoms with Gasteiger partial charge in [0.2, 0.25) is 0 Å². The van der Waals surface area contributed by atoms with Gasteiger partial charge in [-0.25, -0.2) is 4.98 Å². The van der Waals surface area contributed by atoms with Crippen LogP contribution in [0.4, 0.5) is 0 Å². The predicted octanol–water partition coefficient (Wildman–Crippen LogP) is 2.94. The molecule has 1 unspecified atom stereocenters. The Hall–Kier alpha value is -1.46. The summed E-state index contributed by atoms with van der Waals surface area (Å²) in [5.74, 6) is 2.92. The molecule has 1 aliphatic heterocycles. The van der Waals surface area contributed by atoms with Gasteiger partial charge in [0.05, 0.1) is 0 Å². The van der Waals surface area contributed by atoms with Crippen LogP contribution >= 0.6 is 11.8 Å². The van der Waals surface area contributed by atoms with E-state index in [-0.39, 0.29) is 0 Å². The summed E-state index contributed by atoms with van der Waals surface area (Å²) >= 11 is 1.82. The van der Waals surface area contributed by atoms with Crippen LogP contribution in [0.25, 0.3) is 0 Å². The minimum absolute atomic E-state index is 0.482. The minimum atomic E-state index is 0.482. The van der Waals surface area contributed by atoms with E-state index < -0.39 is 0 Å². The summed E-state index contributed by atoms with van der Waals surface area (Å²) in [6.45, 7) is 1.16. The average molecular weight is 329 g/mol. The van der Waals surface area contributed by atoms with E-state index in [1.165, 1.54) is 17.5 Å². The number of aromatic hydroxyl groups is 1. The predicted molar refractivity (Wildman–Crippen MR) is 92.8 cm³/mol. The average Bonchev–Trinajstić information content (AvgIpc) is 3.06. The lowest BCUT2D eigenvalue weighted by molar-refractivity contribution is 0.0792. The number of thioether (sulfide) groups is 1. The van der Waals surface area contributed by atoms with Gasteiger partial charge in [-0.2, -0.15) is 0 Å². The van der Waals surface area contributed by atoms with Gasteiger partial charge in [-0.1, -0.05) is 23.9 Å². The molecule has 0 amide bonds. The van der Waals surface area contributed by atoms with Crippen molar-refractivity contribution >= 4 is 11.8 Å². The first kappa shape index (κ1) is 15.1.